The minimum absolute atomic E-state index is 0. The van der Waals surface area contributed by atoms with E-state index < -0.39 is 0 Å². The van der Waals surface area contributed by atoms with Crippen molar-refractivity contribution in [2.24, 2.45) is 4.99 Å². The zero-order valence-electron chi connectivity index (χ0n) is 15.0. The number of aliphatic imine (C=N–C) groups is 1. The van der Waals surface area contributed by atoms with Gasteiger partial charge in [0.05, 0.1) is 11.6 Å². The Morgan fingerprint density at radius 1 is 1.00 bits per heavy atom. The molecule has 25 heavy (non-hydrogen) atoms. The molecule has 132 valence electrons. The van der Waals surface area contributed by atoms with Crippen LogP contribution in [0.15, 0.2) is 47.5 Å². The summed E-state index contributed by atoms with van der Waals surface area (Å²) in [6, 6.07) is 16.3. The molecule has 0 radical (unpaired) electrons. The van der Waals surface area contributed by atoms with Gasteiger partial charge in [0.25, 0.3) is 0 Å². The number of guanidine groups is 1. The van der Waals surface area contributed by atoms with Crippen LogP contribution < -0.4 is 10.6 Å². The second kappa shape index (κ2) is 10.7. The zero-order valence-corrected chi connectivity index (χ0v) is 17.3. The van der Waals surface area contributed by atoms with Crippen molar-refractivity contribution in [2.45, 2.75) is 26.8 Å². The lowest BCUT2D eigenvalue weighted by atomic mass is 10.1. The lowest BCUT2D eigenvalue weighted by Gasteiger charge is -2.12. The number of nitriles is 1. The Balaban J connectivity index is 0.00000312. The molecule has 0 aliphatic rings. The third-order valence-electron chi connectivity index (χ3n) is 3.75. The normalized spacial score (nSPS) is 10.6. The molecule has 2 N–H and O–H groups in total. The van der Waals surface area contributed by atoms with Crippen molar-refractivity contribution in [1.82, 2.24) is 10.6 Å². The molecule has 2 aromatic rings. The van der Waals surface area contributed by atoms with Crippen LogP contribution in [0.4, 0.5) is 0 Å². The summed E-state index contributed by atoms with van der Waals surface area (Å²) in [6.07, 6.45) is 0.958. The molecule has 0 unspecified atom stereocenters. The molecule has 2 aromatic carbocycles. The number of nitrogens with zero attached hydrogens (tertiary/aromatic N) is 2. The number of hydrogen-bond acceptors (Lipinski definition) is 2. The van der Waals surface area contributed by atoms with Crippen LogP contribution in [0.2, 0.25) is 0 Å². The highest BCUT2D eigenvalue weighted by Gasteiger charge is 2.00. The first kappa shape index (κ1) is 21.0. The maximum Gasteiger partial charge on any atom is 0.191 e. The first-order valence-corrected chi connectivity index (χ1v) is 8.11. The lowest BCUT2D eigenvalue weighted by Crippen LogP contribution is -2.37. The van der Waals surface area contributed by atoms with Crippen LogP contribution in [0.25, 0.3) is 0 Å². The van der Waals surface area contributed by atoms with Gasteiger partial charge in [0.15, 0.2) is 5.96 Å². The summed E-state index contributed by atoms with van der Waals surface area (Å²) in [7, 11) is 1.77. The monoisotopic (exact) mass is 448 g/mol. The van der Waals surface area contributed by atoms with Crippen molar-refractivity contribution in [3.05, 3.63) is 70.3 Å². The standard InChI is InChI=1S/C20H24N4.HI/c1-15-10-16(2)12-19(11-15)8-9-23-20(22-3)24-14-18-6-4-17(13-21)5-7-18;/h4-7,10-12H,8-9,14H2,1-3H3,(H2,22,23,24);1H. The number of rotatable bonds is 5. The van der Waals surface area contributed by atoms with Gasteiger partial charge in [0.1, 0.15) is 0 Å². The fourth-order valence-corrected chi connectivity index (χ4v) is 2.64. The Hall–Kier alpha value is -2.07. The van der Waals surface area contributed by atoms with Gasteiger partial charge < -0.3 is 10.6 Å². The summed E-state index contributed by atoms with van der Waals surface area (Å²) in [6.45, 7) is 5.76. The second-order valence-corrected chi connectivity index (χ2v) is 5.91. The molecule has 5 heteroatoms. The summed E-state index contributed by atoms with van der Waals surface area (Å²) >= 11 is 0. The predicted octanol–water partition coefficient (Wildman–Crippen LogP) is 3.70. The highest BCUT2D eigenvalue weighted by atomic mass is 127. The highest BCUT2D eigenvalue weighted by Crippen LogP contribution is 2.09. The summed E-state index contributed by atoms with van der Waals surface area (Å²) in [5.41, 5.74) is 5.73. The van der Waals surface area contributed by atoms with Gasteiger partial charge in [-0.2, -0.15) is 5.26 Å². The predicted molar refractivity (Wildman–Crippen MR) is 114 cm³/mol. The smallest absolute Gasteiger partial charge is 0.191 e. The molecule has 0 aromatic heterocycles. The Kier molecular flexibility index (Phi) is 9.00. The van der Waals surface area contributed by atoms with Gasteiger partial charge in [-0.15, -0.1) is 24.0 Å². The van der Waals surface area contributed by atoms with E-state index in [1.807, 2.05) is 24.3 Å². The van der Waals surface area contributed by atoms with E-state index in [2.05, 4.69) is 53.7 Å². The third-order valence-corrected chi connectivity index (χ3v) is 3.75. The topological polar surface area (TPSA) is 60.2 Å². The Labute approximate surface area is 167 Å². The maximum absolute atomic E-state index is 8.82. The molecule has 0 amide bonds. The molecule has 0 atom stereocenters. The minimum atomic E-state index is 0. The van der Waals surface area contributed by atoms with Gasteiger partial charge in [-0.3, -0.25) is 4.99 Å². The van der Waals surface area contributed by atoms with Gasteiger partial charge in [0.2, 0.25) is 0 Å². The van der Waals surface area contributed by atoms with Crippen molar-refractivity contribution in [3.63, 3.8) is 0 Å². The van der Waals surface area contributed by atoms with Crippen LogP contribution in [-0.4, -0.2) is 19.6 Å². The van der Waals surface area contributed by atoms with Gasteiger partial charge in [-0.05, 0) is 43.5 Å². The van der Waals surface area contributed by atoms with E-state index in [4.69, 9.17) is 5.26 Å². The molecule has 2 rings (SSSR count). The van der Waals surface area contributed by atoms with E-state index in [-0.39, 0.29) is 24.0 Å². The van der Waals surface area contributed by atoms with E-state index in [9.17, 15) is 0 Å². The maximum atomic E-state index is 8.82. The molecule has 0 saturated carbocycles. The summed E-state index contributed by atoms with van der Waals surface area (Å²) in [4.78, 5) is 4.25. The van der Waals surface area contributed by atoms with Crippen molar-refractivity contribution in [2.75, 3.05) is 13.6 Å². The number of halogens is 1. The molecule has 0 spiro atoms. The lowest BCUT2D eigenvalue weighted by molar-refractivity contribution is 0.794. The Bertz CT molecular complexity index is 725. The van der Waals surface area contributed by atoms with Gasteiger partial charge >= 0.3 is 0 Å². The first-order valence-electron chi connectivity index (χ1n) is 8.11. The second-order valence-electron chi connectivity index (χ2n) is 5.91. The number of nitrogens with one attached hydrogen (secondary N) is 2. The summed E-state index contributed by atoms with van der Waals surface area (Å²) in [5, 5.41) is 15.4. The molecular formula is C20H25IN4. The van der Waals surface area contributed by atoms with E-state index >= 15 is 0 Å². The fraction of sp³-hybridized carbons (Fsp3) is 0.300. The van der Waals surface area contributed by atoms with Crippen molar-refractivity contribution < 1.29 is 0 Å². The molecule has 0 bridgehead atoms. The first-order chi connectivity index (χ1) is 11.6. The van der Waals surface area contributed by atoms with Crippen LogP contribution in [-0.2, 0) is 13.0 Å². The molecule has 4 nitrogen and oxygen atoms in total. The average molecular weight is 448 g/mol. The van der Waals surface area contributed by atoms with Crippen LogP contribution in [0.1, 0.15) is 27.8 Å². The number of benzene rings is 2. The van der Waals surface area contributed by atoms with Crippen LogP contribution in [0.5, 0.6) is 0 Å². The SMILES string of the molecule is CN=C(NCCc1cc(C)cc(C)c1)NCc1ccc(C#N)cc1.I. The van der Waals surface area contributed by atoms with Crippen molar-refractivity contribution in [1.29, 1.82) is 5.26 Å². The van der Waals surface area contributed by atoms with E-state index in [1.165, 1.54) is 16.7 Å². The molecule has 0 aliphatic heterocycles. The average Bonchev–Trinajstić information content (AvgIpc) is 2.57. The minimum Gasteiger partial charge on any atom is -0.356 e. The van der Waals surface area contributed by atoms with Crippen LogP contribution in [0, 0.1) is 25.2 Å². The molecule has 0 aliphatic carbocycles. The number of hydrogen-bond donors (Lipinski definition) is 2. The fourth-order valence-electron chi connectivity index (χ4n) is 2.64. The zero-order chi connectivity index (χ0) is 17.4. The van der Waals surface area contributed by atoms with Crippen molar-refractivity contribution in [3.8, 4) is 6.07 Å². The molecule has 0 fully saturated rings. The van der Waals surface area contributed by atoms with E-state index in [0.717, 1.165) is 24.5 Å². The van der Waals surface area contributed by atoms with E-state index in [1.54, 1.807) is 7.05 Å². The Morgan fingerprint density at radius 2 is 1.64 bits per heavy atom. The summed E-state index contributed by atoms with van der Waals surface area (Å²) < 4.78 is 0. The summed E-state index contributed by atoms with van der Waals surface area (Å²) in [5.74, 6) is 0.781. The Morgan fingerprint density at radius 3 is 2.20 bits per heavy atom. The van der Waals surface area contributed by atoms with E-state index in [0.29, 0.717) is 12.1 Å². The largest absolute Gasteiger partial charge is 0.356 e. The van der Waals surface area contributed by atoms with Gasteiger partial charge in [-0.1, -0.05) is 41.5 Å². The molecular weight excluding hydrogens is 423 g/mol. The third kappa shape index (κ3) is 7.14. The van der Waals surface area contributed by atoms with Crippen LogP contribution in [0.3, 0.4) is 0 Å². The number of aryl methyl sites for hydroxylation is 2. The van der Waals surface area contributed by atoms with Gasteiger partial charge in [-0.25, -0.2) is 0 Å². The molecule has 0 saturated heterocycles. The van der Waals surface area contributed by atoms with Crippen LogP contribution >= 0.6 is 24.0 Å². The molecule has 0 heterocycles. The van der Waals surface area contributed by atoms with Crippen molar-refractivity contribution >= 4 is 29.9 Å². The highest BCUT2D eigenvalue weighted by molar-refractivity contribution is 14.0. The van der Waals surface area contributed by atoms with Gasteiger partial charge in [0, 0.05) is 20.1 Å². The quantitative estimate of drug-likeness (QED) is 0.417.